The molecule has 3 rings (SSSR count). The number of likely N-dealkylation sites (N-methyl/N-ethyl adjacent to an activating group) is 1. The lowest BCUT2D eigenvalue weighted by Crippen LogP contribution is -2.52. The average Bonchev–Trinajstić information content (AvgIpc) is 2.61. The third-order valence-corrected chi connectivity index (χ3v) is 4.39. The number of piperazine rings is 1. The van der Waals surface area contributed by atoms with Crippen LogP contribution in [-0.2, 0) is 6.18 Å². The van der Waals surface area contributed by atoms with Crippen LogP contribution in [0.5, 0.6) is 0 Å². The summed E-state index contributed by atoms with van der Waals surface area (Å²) >= 11 is 0. The van der Waals surface area contributed by atoms with Crippen LogP contribution in [0.4, 0.5) is 18.9 Å². The van der Waals surface area contributed by atoms with Gasteiger partial charge in [-0.15, -0.1) is 0 Å². The highest BCUT2D eigenvalue weighted by atomic mass is 19.4. The highest BCUT2D eigenvalue weighted by Gasteiger charge is 2.38. The van der Waals surface area contributed by atoms with Gasteiger partial charge in [0.15, 0.2) is 0 Å². The third kappa shape index (κ3) is 2.31. The van der Waals surface area contributed by atoms with Crippen molar-refractivity contribution >= 4 is 5.69 Å². The second-order valence-electron chi connectivity index (χ2n) is 5.50. The Balaban J connectivity index is 1.84. The molecule has 2 saturated heterocycles. The molecule has 0 radical (unpaired) electrons. The number of fused-ring (bicyclic) bond motifs is 2. The maximum atomic E-state index is 12.7. The van der Waals surface area contributed by atoms with Gasteiger partial charge in [0.2, 0.25) is 0 Å². The van der Waals surface area contributed by atoms with Crippen molar-refractivity contribution in [1.82, 2.24) is 4.90 Å². The number of benzene rings is 1. The Kier molecular flexibility index (Phi) is 2.96. The van der Waals surface area contributed by atoms with Gasteiger partial charge in [-0.25, -0.2) is 0 Å². The van der Waals surface area contributed by atoms with Crippen molar-refractivity contribution in [3.63, 3.8) is 0 Å². The van der Waals surface area contributed by atoms with Crippen LogP contribution in [0.25, 0.3) is 0 Å². The van der Waals surface area contributed by atoms with Crippen molar-refractivity contribution in [2.24, 2.45) is 0 Å². The first-order valence-corrected chi connectivity index (χ1v) is 6.59. The molecule has 2 bridgehead atoms. The fraction of sp³-hybridized carbons (Fsp3) is 0.571. The maximum absolute atomic E-state index is 12.7. The Labute approximate surface area is 110 Å². The summed E-state index contributed by atoms with van der Waals surface area (Å²) in [7, 11) is 2.12. The molecular weight excluding hydrogens is 253 g/mol. The van der Waals surface area contributed by atoms with Crippen molar-refractivity contribution < 1.29 is 13.2 Å². The van der Waals surface area contributed by atoms with Gasteiger partial charge in [0.1, 0.15) is 0 Å². The minimum atomic E-state index is -4.26. The fourth-order valence-electron chi connectivity index (χ4n) is 3.20. The average molecular weight is 270 g/mol. The van der Waals surface area contributed by atoms with Gasteiger partial charge in [-0.1, -0.05) is 6.07 Å². The van der Waals surface area contributed by atoms with Crippen LogP contribution in [0.1, 0.15) is 18.4 Å². The summed E-state index contributed by atoms with van der Waals surface area (Å²) in [6, 6.07) is 6.64. The van der Waals surface area contributed by atoms with E-state index in [0.717, 1.165) is 32.0 Å². The van der Waals surface area contributed by atoms with Gasteiger partial charge in [0.05, 0.1) is 5.56 Å². The van der Waals surface area contributed by atoms with E-state index in [2.05, 4.69) is 16.8 Å². The Bertz CT molecular complexity index is 458. The normalized spacial score (nSPS) is 27.9. The first-order chi connectivity index (χ1) is 8.95. The van der Waals surface area contributed by atoms with E-state index in [9.17, 15) is 13.2 Å². The van der Waals surface area contributed by atoms with Gasteiger partial charge in [0.25, 0.3) is 0 Å². The second kappa shape index (κ2) is 4.40. The van der Waals surface area contributed by atoms with E-state index in [1.54, 1.807) is 6.07 Å². The van der Waals surface area contributed by atoms with Gasteiger partial charge >= 0.3 is 6.18 Å². The first-order valence-electron chi connectivity index (χ1n) is 6.59. The molecule has 2 fully saturated rings. The summed E-state index contributed by atoms with van der Waals surface area (Å²) in [6.07, 6.45) is -1.96. The minimum absolute atomic E-state index is 0.480. The molecule has 0 N–H and O–H groups in total. The summed E-state index contributed by atoms with van der Waals surface area (Å²) in [5.41, 5.74) is 0.135. The molecule has 0 aliphatic carbocycles. The van der Waals surface area contributed by atoms with E-state index in [0.29, 0.717) is 17.8 Å². The minimum Gasteiger partial charge on any atom is -0.368 e. The molecule has 2 atom stereocenters. The summed E-state index contributed by atoms with van der Waals surface area (Å²) < 4.78 is 38.2. The van der Waals surface area contributed by atoms with Crippen molar-refractivity contribution in [3.05, 3.63) is 29.8 Å². The molecule has 2 heterocycles. The standard InChI is InChI=1S/C14H17F3N2/c1-18-12-5-6-13(18)9-19(8-12)11-4-2-3-10(7-11)14(15,16)17/h2-4,7,12-13H,5-6,8-9H2,1H3. The summed E-state index contributed by atoms with van der Waals surface area (Å²) in [5.74, 6) is 0. The van der Waals surface area contributed by atoms with Crippen LogP contribution in [0.15, 0.2) is 24.3 Å². The zero-order chi connectivity index (χ0) is 13.6. The predicted octanol–water partition coefficient (Wildman–Crippen LogP) is 2.99. The summed E-state index contributed by atoms with van der Waals surface area (Å²) in [6.45, 7) is 1.66. The number of rotatable bonds is 1. The quantitative estimate of drug-likeness (QED) is 0.774. The topological polar surface area (TPSA) is 6.48 Å². The molecular formula is C14H17F3N2. The van der Waals surface area contributed by atoms with Crippen molar-refractivity contribution in [3.8, 4) is 0 Å². The molecule has 2 aliphatic heterocycles. The number of halogens is 3. The Morgan fingerprint density at radius 3 is 2.32 bits per heavy atom. The molecule has 104 valence electrons. The zero-order valence-corrected chi connectivity index (χ0v) is 10.8. The van der Waals surface area contributed by atoms with Crippen molar-refractivity contribution in [1.29, 1.82) is 0 Å². The summed E-state index contributed by atoms with van der Waals surface area (Å²) in [4.78, 5) is 4.46. The molecule has 2 aliphatic rings. The van der Waals surface area contributed by atoms with Gasteiger partial charge < -0.3 is 4.90 Å². The van der Waals surface area contributed by atoms with Gasteiger partial charge in [-0.3, -0.25) is 4.90 Å². The second-order valence-corrected chi connectivity index (χ2v) is 5.50. The van der Waals surface area contributed by atoms with E-state index in [-0.39, 0.29) is 0 Å². The number of alkyl halides is 3. The van der Waals surface area contributed by atoms with Crippen molar-refractivity contribution in [2.45, 2.75) is 31.1 Å². The zero-order valence-electron chi connectivity index (χ0n) is 10.8. The number of nitrogens with zero attached hydrogens (tertiary/aromatic N) is 2. The molecule has 5 heteroatoms. The van der Waals surface area contributed by atoms with Crippen LogP contribution in [0, 0.1) is 0 Å². The highest BCUT2D eigenvalue weighted by molar-refractivity contribution is 5.50. The van der Waals surface area contributed by atoms with Crippen LogP contribution in [0.3, 0.4) is 0 Å². The Morgan fingerprint density at radius 2 is 1.74 bits per heavy atom. The number of hydrogen-bond acceptors (Lipinski definition) is 2. The van der Waals surface area contributed by atoms with E-state index < -0.39 is 11.7 Å². The largest absolute Gasteiger partial charge is 0.416 e. The molecule has 1 aromatic rings. The molecule has 0 aromatic heterocycles. The molecule has 0 saturated carbocycles. The number of anilines is 1. The fourth-order valence-corrected chi connectivity index (χ4v) is 3.20. The molecule has 0 amide bonds. The van der Waals surface area contributed by atoms with E-state index in [1.165, 1.54) is 12.1 Å². The van der Waals surface area contributed by atoms with Crippen LogP contribution in [-0.4, -0.2) is 37.1 Å². The smallest absolute Gasteiger partial charge is 0.368 e. The highest BCUT2D eigenvalue weighted by Crippen LogP contribution is 2.34. The van der Waals surface area contributed by atoms with Gasteiger partial charge in [-0.2, -0.15) is 13.2 Å². The lowest BCUT2D eigenvalue weighted by Gasteiger charge is -2.40. The molecule has 2 unspecified atom stereocenters. The Hall–Kier alpha value is -1.23. The van der Waals surface area contributed by atoms with Crippen LogP contribution in [0.2, 0.25) is 0 Å². The van der Waals surface area contributed by atoms with Crippen LogP contribution >= 0.6 is 0 Å². The lowest BCUT2D eigenvalue weighted by molar-refractivity contribution is -0.137. The molecule has 0 spiro atoms. The third-order valence-electron chi connectivity index (χ3n) is 4.39. The van der Waals surface area contributed by atoms with Gasteiger partial charge in [-0.05, 0) is 38.1 Å². The summed E-state index contributed by atoms with van der Waals surface area (Å²) in [5, 5.41) is 0. The maximum Gasteiger partial charge on any atom is 0.416 e. The van der Waals surface area contributed by atoms with E-state index in [4.69, 9.17) is 0 Å². The SMILES string of the molecule is CN1C2CCC1CN(c1cccc(C(F)(F)F)c1)C2. The van der Waals surface area contributed by atoms with Crippen molar-refractivity contribution in [2.75, 3.05) is 25.0 Å². The number of hydrogen-bond donors (Lipinski definition) is 0. The predicted molar refractivity (Wildman–Crippen MR) is 68.2 cm³/mol. The monoisotopic (exact) mass is 270 g/mol. The molecule has 1 aromatic carbocycles. The molecule has 19 heavy (non-hydrogen) atoms. The first kappa shape index (κ1) is 12.8. The Morgan fingerprint density at radius 1 is 1.11 bits per heavy atom. The molecule has 2 nitrogen and oxygen atoms in total. The van der Waals surface area contributed by atoms with E-state index >= 15 is 0 Å². The lowest BCUT2D eigenvalue weighted by atomic mass is 10.1. The van der Waals surface area contributed by atoms with Crippen LogP contribution < -0.4 is 4.90 Å². The van der Waals surface area contributed by atoms with Gasteiger partial charge in [0, 0.05) is 30.9 Å². The van der Waals surface area contributed by atoms with E-state index in [1.807, 2.05) is 0 Å².